The van der Waals surface area contributed by atoms with Crippen LogP contribution < -0.4 is 10.6 Å². The van der Waals surface area contributed by atoms with Crippen molar-refractivity contribution in [3.05, 3.63) is 110 Å². The van der Waals surface area contributed by atoms with E-state index in [1.807, 2.05) is 0 Å². The van der Waals surface area contributed by atoms with Gasteiger partial charge in [0.2, 0.25) is 0 Å². The number of benzene rings is 3. The molecule has 3 aromatic rings. The van der Waals surface area contributed by atoms with Gasteiger partial charge in [0, 0.05) is 22.8 Å². The molecule has 0 fully saturated rings. The molecule has 0 aromatic heterocycles. The highest BCUT2D eigenvalue weighted by Gasteiger charge is 2.18. The molecule has 9 heteroatoms. The van der Waals surface area contributed by atoms with Crippen LogP contribution in [0.15, 0.2) is 78.5 Å². The highest BCUT2D eigenvalue weighted by Crippen LogP contribution is 2.22. The maximum Gasteiger partial charge on any atom is 0.272 e. The summed E-state index contributed by atoms with van der Waals surface area (Å²) in [5, 5.41) is 16.7. The number of nitro groups is 1. The molecule has 3 rings (SSSR count). The minimum Gasteiger partial charge on any atom is -0.321 e. The molecule has 31 heavy (non-hydrogen) atoms. The monoisotopic (exact) mass is 455 g/mol. The molecular weight excluding hydrogens is 441 g/mol. The molecule has 0 aliphatic heterocycles. The normalized spacial score (nSPS) is 11.0. The lowest BCUT2D eigenvalue weighted by Crippen LogP contribution is -2.31. The Balaban J connectivity index is 1.95. The maximum absolute atomic E-state index is 12.9. The minimum absolute atomic E-state index is 0.114. The van der Waals surface area contributed by atoms with Gasteiger partial charge in [-0.2, -0.15) is 0 Å². The first kappa shape index (κ1) is 22.0. The van der Waals surface area contributed by atoms with Crippen molar-refractivity contribution in [1.29, 1.82) is 0 Å². The number of rotatable bonds is 6. The van der Waals surface area contributed by atoms with Crippen LogP contribution in [0.5, 0.6) is 0 Å². The highest BCUT2D eigenvalue weighted by atomic mass is 35.5. The third kappa shape index (κ3) is 5.91. The molecule has 2 amide bonds. The third-order valence-electron chi connectivity index (χ3n) is 4.09. The first-order chi connectivity index (χ1) is 14.8. The molecule has 0 radical (unpaired) electrons. The molecule has 0 atom stereocenters. The lowest BCUT2D eigenvalue weighted by atomic mass is 10.1. The van der Waals surface area contributed by atoms with E-state index in [0.29, 0.717) is 16.3 Å². The topological polar surface area (TPSA) is 101 Å². The van der Waals surface area contributed by atoms with E-state index in [9.17, 15) is 19.7 Å². The van der Waals surface area contributed by atoms with Gasteiger partial charge in [-0.3, -0.25) is 19.7 Å². The second-order valence-electron chi connectivity index (χ2n) is 6.31. The number of amides is 2. The Hall–Kier alpha value is -3.68. The van der Waals surface area contributed by atoms with Gasteiger partial charge in [-0.05, 0) is 42.0 Å². The van der Waals surface area contributed by atoms with Crippen LogP contribution in [0, 0.1) is 10.1 Å². The Morgan fingerprint density at radius 1 is 0.935 bits per heavy atom. The number of nitrogens with one attached hydrogen (secondary N) is 2. The third-order valence-corrected chi connectivity index (χ3v) is 4.64. The quantitative estimate of drug-likeness (QED) is 0.298. The minimum atomic E-state index is -0.637. The fourth-order valence-electron chi connectivity index (χ4n) is 2.64. The molecule has 3 aromatic carbocycles. The zero-order chi connectivity index (χ0) is 22.4. The van der Waals surface area contributed by atoms with Gasteiger partial charge in [0.15, 0.2) is 0 Å². The lowest BCUT2D eigenvalue weighted by Gasteiger charge is -2.12. The molecule has 156 valence electrons. The van der Waals surface area contributed by atoms with E-state index in [2.05, 4.69) is 10.6 Å². The van der Waals surface area contributed by atoms with Crippen molar-refractivity contribution in [3.8, 4) is 0 Å². The Morgan fingerprint density at radius 2 is 1.68 bits per heavy atom. The summed E-state index contributed by atoms with van der Waals surface area (Å²) in [4.78, 5) is 36.1. The Labute approximate surface area is 187 Å². The van der Waals surface area contributed by atoms with E-state index >= 15 is 0 Å². The van der Waals surface area contributed by atoms with E-state index in [0.717, 1.165) is 0 Å². The maximum atomic E-state index is 12.9. The van der Waals surface area contributed by atoms with Gasteiger partial charge < -0.3 is 10.6 Å². The van der Waals surface area contributed by atoms with E-state index < -0.39 is 16.7 Å². The van der Waals surface area contributed by atoms with Crippen LogP contribution in [-0.2, 0) is 4.79 Å². The van der Waals surface area contributed by atoms with Gasteiger partial charge in [-0.25, -0.2) is 0 Å². The molecule has 0 bridgehead atoms. The molecule has 0 saturated carbocycles. The van der Waals surface area contributed by atoms with Crippen molar-refractivity contribution in [2.75, 3.05) is 5.32 Å². The number of hydrogen-bond acceptors (Lipinski definition) is 4. The molecule has 0 heterocycles. The van der Waals surface area contributed by atoms with Crippen LogP contribution in [0.1, 0.15) is 15.9 Å². The SMILES string of the molecule is O=C(Nc1ccccc1)/C(=C/c1cccc([N+](=O)[O-])c1)NC(=O)c1ccc(Cl)cc1Cl. The predicted molar refractivity (Wildman–Crippen MR) is 120 cm³/mol. The number of hydrogen-bond donors (Lipinski definition) is 2. The smallest absolute Gasteiger partial charge is 0.272 e. The molecule has 2 N–H and O–H groups in total. The lowest BCUT2D eigenvalue weighted by molar-refractivity contribution is -0.384. The van der Waals surface area contributed by atoms with Crippen molar-refractivity contribution in [1.82, 2.24) is 5.32 Å². The van der Waals surface area contributed by atoms with Crippen LogP contribution in [0.4, 0.5) is 11.4 Å². The van der Waals surface area contributed by atoms with Crippen molar-refractivity contribution in [2.24, 2.45) is 0 Å². The largest absolute Gasteiger partial charge is 0.321 e. The van der Waals surface area contributed by atoms with Gasteiger partial charge in [-0.1, -0.05) is 53.5 Å². The summed E-state index contributed by atoms with van der Waals surface area (Å²) in [6.07, 6.45) is 1.34. The first-order valence-corrected chi connectivity index (χ1v) is 9.68. The number of anilines is 1. The highest BCUT2D eigenvalue weighted by molar-refractivity contribution is 6.36. The summed E-state index contributed by atoms with van der Waals surface area (Å²) in [5.41, 5.74) is 0.707. The molecule has 0 unspecified atom stereocenters. The zero-order valence-electron chi connectivity index (χ0n) is 15.8. The second kappa shape index (κ2) is 9.88. The zero-order valence-corrected chi connectivity index (χ0v) is 17.4. The van der Waals surface area contributed by atoms with E-state index in [1.54, 1.807) is 36.4 Å². The number of halogens is 2. The summed E-state index contributed by atoms with van der Waals surface area (Å²) in [5.74, 6) is -1.25. The second-order valence-corrected chi connectivity index (χ2v) is 7.15. The Bertz CT molecular complexity index is 1180. The van der Waals surface area contributed by atoms with Crippen molar-refractivity contribution in [2.45, 2.75) is 0 Å². The van der Waals surface area contributed by atoms with Crippen LogP contribution in [-0.4, -0.2) is 16.7 Å². The Kier molecular flexibility index (Phi) is 7.02. The fourth-order valence-corrected chi connectivity index (χ4v) is 3.13. The molecule has 0 saturated heterocycles. The van der Waals surface area contributed by atoms with Crippen molar-refractivity contribution >= 4 is 52.5 Å². The van der Waals surface area contributed by atoms with E-state index in [1.165, 1.54) is 42.5 Å². The average Bonchev–Trinajstić information content (AvgIpc) is 2.74. The van der Waals surface area contributed by atoms with Crippen LogP contribution >= 0.6 is 23.2 Å². The molecular formula is C22H15Cl2N3O4. The van der Waals surface area contributed by atoms with Gasteiger partial charge >= 0.3 is 0 Å². The van der Waals surface area contributed by atoms with E-state index in [4.69, 9.17) is 23.2 Å². The number of nitrogens with zero attached hydrogens (tertiary/aromatic N) is 1. The van der Waals surface area contributed by atoms with Gasteiger partial charge in [-0.15, -0.1) is 0 Å². The number of carbonyl (C=O) groups is 2. The predicted octanol–water partition coefficient (Wildman–Crippen LogP) is 5.31. The fraction of sp³-hybridized carbons (Fsp3) is 0. The van der Waals surface area contributed by atoms with E-state index in [-0.39, 0.29) is 22.0 Å². The average molecular weight is 456 g/mol. The van der Waals surface area contributed by atoms with Crippen LogP contribution in [0.2, 0.25) is 10.0 Å². The number of para-hydroxylation sites is 1. The first-order valence-electron chi connectivity index (χ1n) is 8.92. The number of nitro benzene ring substituents is 1. The molecule has 7 nitrogen and oxygen atoms in total. The number of carbonyl (C=O) groups excluding carboxylic acids is 2. The summed E-state index contributed by atoms with van der Waals surface area (Å²) >= 11 is 12.0. The molecule has 0 spiro atoms. The summed E-state index contributed by atoms with van der Waals surface area (Å²) in [6, 6.07) is 18.6. The Morgan fingerprint density at radius 3 is 2.35 bits per heavy atom. The van der Waals surface area contributed by atoms with Crippen molar-refractivity contribution < 1.29 is 14.5 Å². The van der Waals surface area contributed by atoms with Gasteiger partial charge in [0.1, 0.15) is 5.70 Å². The number of non-ortho nitro benzene ring substituents is 1. The summed E-state index contributed by atoms with van der Waals surface area (Å²) in [7, 11) is 0. The summed E-state index contributed by atoms with van der Waals surface area (Å²) in [6.45, 7) is 0. The van der Waals surface area contributed by atoms with Gasteiger partial charge in [0.25, 0.3) is 17.5 Å². The van der Waals surface area contributed by atoms with Crippen LogP contribution in [0.3, 0.4) is 0 Å². The van der Waals surface area contributed by atoms with Crippen LogP contribution in [0.25, 0.3) is 6.08 Å². The standard InChI is InChI=1S/C22H15Cl2N3O4/c23-15-9-10-18(19(24)13-15)21(28)26-20(22(29)25-16-6-2-1-3-7-16)12-14-5-4-8-17(11-14)27(30)31/h1-13H,(H,25,29)(H,26,28)/b20-12-. The summed E-state index contributed by atoms with van der Waals surface area (Å²) < 4.78 is 0. The molecule has 0 aliphatic carbocycles. The van der Waals surface area contributed by atoms with Gasteiger partial charge in [0.05, 0.1) is 15.5 Å². The molecule has 0 aliphatic rings. The van der Waals surface area contributed by atoms with Crippen molar-refractivity contribution in [3.63, 3.8) is 0 Å².